The molecule has 7 heteroatoms. The summed E-state index contributed by atoms with van der Waals surface area (Å²) in [5, 5.41) is 5.10. The van der Waals surface area contributed by atoms with E-state index in [0.717, 1.165) is 37.6 Å². The highest BCUT2D eigenvalue weighted by Crippen LogP contribution is 2.21. The molecule has 7 nitrogen and oxygen atoms in total. The zero-order valence-corrected chi connectivity index (χ0v) is 15.5. The number of ether oxygens (including phenoxy) is 1. The number of carbonyl (C=O) groups is 2. The van der Waals surface area contributed by atoms with Gasteiger partial charge in [0.05, 0.1) is 13.7 Å². The van der Waals surface area contributed by atoms with Crippen LogP contribution in [0, 0.1) is 0 Å². The molecular weight excluding hydrogens is 320 g/mol. The zero-order valence-electron chi connectivity index (χ0n) is 15.5. The molecule has 0 radical (unpaired) electrons. The lowest BCUT2D eigenvalue weighted by Crippen LogP contribution is -2.53. The zero-order chi connectivity index (χ0) is 18.4. The summed E-state index contributed by atoms with van der Waals surface area (Å²) in [7, 11) is 1.66. The number of piperazine rings is 1. The van der Waals surface area contributed by atoms with Crippen LogP contribution in [-0.2, 0) is 4.79 Å². The molecule has 25 heavy (non-hydrogen) atoms. The van der Waals surface area contributed by atoms with E-state index >= 15 is 0 Å². The summed E-state index contributed by atoms with van der Waals surface area (Å²) >= 11 is 0. The quantitative estimate of drug-likeness (QED) is 0.861. The number of anilines is 1. The molecule has 0 saturated carbocycles. The molecule has 1 heterocycles. The highest BCUT2D eigenvalue weighted by Gasteiger charge is 2.21. The minimum absolute atomic E-state index is 0.226. The first kappa shape index (κ1) is 19.1. The molecular formula is C18H28N4O3. The predicted molar refractivity (Wildman–Crippen MR) is 98.1 cm³/mol. The van der Waals surface area contributed by atoms with Crippen molar-refractivity contribution in [1.29, 1.82) is 0 Å². The van der Waals surface area contributed by atoms with Gasteiger partial charge >= 0.3 is 6.03 Å². The van der Waals surface area contributed by atoms with Crippen LogP contribution in [0.1, 0.15) is 20.8 Å². The molecule has 0 bridgehead atoms. The van der Waals surface area contributed by atoms with Crippen LogP contribution in [0.5, 0.6) is 5.75 Å². The average molecular weight is 348 g/mol. The first-order valence-electron chi connectivity index (χ1n) is 8.50. The van der Waals surface area contributed by atoms with E-state index in [1.807, 2.05) is 39.0 Å². The van der Waals surface area contributed by atoms with Gasteiger partial charge in [-0.05, 0) is 32.9 Å². The number of hydrogen-bond donors (Lipinski definition) is 2. The van der Waals surface area contributed by atoms with Crippen molar-refractivity contribution in [2.75, 3.05) is 44.7 Å². The van der Waals surface area contributed by atoms with Crippen LogP contribution >= 0.6 is 0 Å². The second-order valence-electron chi connectivity index (χ2n) is 7.22. The molecule has 1 aliphatic heterocycles. The molecule has 0 aromatic heterocycles. The molecule has 1 aliphatic rings. The van der Waals surface area contributed by atoms with Crippen LogP contribution < -0.4 is 20.3 Å². The van der Waals surface area contributed by atoms with Crippen molar-refractivity contribution in [1.82, 2.24) is 15.5 Å². The van der Waals surface area contributed by atoms with Crippen LogP contribution in [0.3, 0.4) is 0 Å². The number of nitrogens with zero attached hydrogens (tertiary/aromatic N) is 2. The SMILES string of the molecule is COc1cccc(N2CCN(CC(=O)NC(=O)NC(C)(C)C)CC2)c1. The number of hydrogen-bond acceptors (Lipinski definition) is 5. The molecule has 0 unspecified atom stereocenters. The highest BCUT2D eigenvalue weighted by atomic mass is 16.5. The van der Waals surface area contributed by atoms with Crippen LogP contribution in [0.4, 0.5) is 10.5 Å². The fourth-order valence-corrected chi connectivity index (χ4v) is 2.71. The summed E-state index contributed by atoms with van der Waals surface area (Å²) in [6.07, 6.45) is 0. The van der Waals surface area contributed by atoms with Gasteiger partial charge in [-0.2, -0.15) is 0 Å². The van der Waals surface area contributed by atoms with E-state index in [2.05, 4.69) is 26.5 Å². The van der Waals surface area contributed by atoms with Crippen molar-refractivity contribution in [2.45, 2.75) is 26.3 Å². The number of urea groups is 1. The van der Waals surface area contributed by atoms with Gasteiger partial charge in [0.25, 0.3) is 0 Å². The van der Waals surface area contributed by atoms with Gasteiger partial charge in [-0.15, -0.1) is 0 Å². The Balaban J connectivity index is 1.78. The van der Waals surface area contributed by atoms with Gasteiger partial charge in [0.15, 0.2) is 0 Å². The van der Waals surface area contributed by atoms with E-state index in [0.29, 0.717) is 0 Å². The Kier molecular flexibility index (Phi) is 6.25. The average Bonchev–Trinajstić information content (AvgIpc) is 2.53. The lowest BCUT2D eigenvalue weighted by Gasteiger charge is -2.35. The van der Waals surface area contributed by atoms with Crippen molar-refractivity contribution in [2.24, 2.45) is 0 Å². The highest BCUT2D eigenvalue weighted by molar-refractivity contribution is 5.95. The van der Waals surface area contributed by atoms with E-state index in [4.69, 9.17) is 4.74 Å². The fraction of sp³-hybridized carbons (Fsp3) is 0.556. The Labute approximate surface area is 149 Å². The third-order valence-electron chi connectivity index (χ3n) is 3.90. The Hall–Kier alpha value is -2.28. The maximum Gasteiger partial charge on any atom is 0.321 e. The second kappa shape index (κ2) is 8.20. The summed E-state index contributed by atoms with van der Waals surface area (Å²) in [4.78, 5) is 28.0. The van der Waals surface area contributed by atoms with Crippen molar-refractivity contribution in [3.8, 4) is 5.75 Å². The number of rotatable bonds is 4. The van der Waals surface area contributed by atoms with E-state index < -0.39 is 6.03 Å². The summed E-state index contributed by atoms with van der Waals surface area (Å²) < 4.78 is 5.26. The third kappa shape index (κ3) is 6.26. The standard InChI is InChI=1S/C18H28N4O3/c1-18(2,3)20-17(24)19-16(23)13-21-8-10-22(11-9-21)14-6-5-7-15(12-14)25-4/h5-7,12H,8-11,13H2,1-4H3,(H2,19,20,23,24). The molecule has 1 aromatic rings. The monoisotopic (exact) mass is 348 g/mol. The van der Waals surface area contributed by atoms with Crippen LogP contribution in [0.2, 0.25) is 0 Å². The molecule has 1 aromatic carbocycles. The maximum absolute atomic E-state index is 12.0. The minimum Gasteiger partial charge on any atom is -0.497 e. The lowest BCUT2D eigenvalue weighted by molar-refractivity contribution is -0.121. The molecule has 1 fully saturated rings. The maximum atomic E-state index is 12.0. The number of amides is 3. The van der Waals surface area contributed by atoms with Gasteiger partial charge in [0.1, 0.15) is 5.75 Å². The summed E-state index contributed by atoms with van der Waals surface area (Å²) in [6.45, 7) is 9.03. The third-order valence-corrected chi connectivity index (χ3v) is 3.90. The topological polar surface area (TPSA) is 73.9 Å². The van der Waals surface area contributed by atoms with Crippen molar-refractivity contribution in [3.63, 3.8) is 0 Å². The Morgan fingerprint density at radius 1 is 1.16 bits per heavy atom. The van der Waals surface area contributed by atoms with Crippen LogP contribution in [0.25, 0.3) is 0 Å². The number of imide groups is 1. The van der Waals surface area contributed by atoms with Crippen molar-refractivity contribution < 1.29 is 14.3 Å². The van der Waals surface area contributed by atoms with Gasteiger partial charge in [0.2, 0.25) is 5.91 Å². The molecule has 138 valence electrons. The van der Waals surface area contributed by atoms with Gasteiger partial charge in [-0.3, -0.25) is 15.0 Å². The molecule has 1 saturated heterocycles. The summed E-state index contributed by atoms with van der Waals surface area (Å²) in [5.74, 6) is 0.556. The number of methoxy groups -OCH3 is 1. The number of nitrogens with one attached hydrogen (secondary N) is 2. The normalized spacial score (nSPS) is 15.6. The largest absolute Gasteiger partial charge is 0.497 e. The molecule has 0 atom stereocenters. The van der Waals surface area contributed by atoms with Crippen LogP contribution in [0.15, 0.2) is 24.3 Å². The summed E-state index contributed by atoms with van der Waals surface area (Å²) in [5.41, 5.74) is 0.750. The Morgan fingerprint density at radius 3 is 2.44 bits per heavy atom. The van der Waals surface area contributed by atoms with Gasteiger partial charge < -0.3 is 15.0 Å². The van der Waals surface area contributed by atoms with E-state index in [-0.39, 0.29) is 18.0 Å². The first-order chi connectivity index (χ1) is 11.8. The molecule has 0 aliphatic carbocycles. The lowest BCUT2D eigenvalue weighted by atomic mass is 10.1. The van der Waals surface area contributed by atoms with E-state index in [1.165, 1.54) is 0 Å². The Morgan fingerprint density at radius 2 is 1.84 bits per heavy atom. The van der Waals surface area contributed by atoms with E-state index in [9.17, 15) is 9.59 Å². The molecule has 2 N–H and O–H groups in total. The van der Waals surface area contributed by atoms with Gasteiger partial charge in [-0.25, -0.2) is 4.79 Å². The van der Waals surface area contributed by atoms with Crippen molar-refractivity contribution in [3.05, 3.63) is 24.3 Å². The fourth-order valence-electron chi connectivity index (χ4n) is 2.71. The number of benzene rings is 1. The predicted octanol–water partition coefficient (Wildman–Crippen LogP) is 1.44. The van der Waals surface area contributed by atoms with Crippen LogP contribution in [-0.4, -0.2) is 62.2 Å². The molecule has 3 amide bonds. The van der Waals surface area contributed by atoms with Gasteiger partial charge in [0, 0.05) is 43.5 Å². The smallest absolute Gasteiger partial charge is 0.321 e. The van der Waals surface area contributed by atoms with E-state index in [1.54, 1.807) is 7.11 Å². The minimum atomic E-state index is -0.451. The molecule has 2 rings (SSSR count). The molecule has 0 spiro atoms. The number of carbonyl (C=O) groups excluding carboxylic acids is 2. The van der Waals surface area contributed by atoms with Gasteiger partial charge in [-0.1, -0.05) is 6.07 Å². The van der Waals surface area contributed by atoms with Crippen molar-refractivity contribution >= 4 is 17.6 Å². The first-order valence-corrected chi connectivity index (χ1v) is 8.50. The summed E-state index contributed by atoms with van der Waals surface area (Å²) in [6, 6.07) is 7.52. The second-order valence-corrected chi connectivity index (χ2v) is 7.22. The Bertz CT molecular complexity index is 605.